The topological polar surface area (TPSA) is 46.5 Å². The third-order valence-electron chi connectivity index (χ3n) is 3.18. The van der Waals surface area contributed by atoms with Crippen LogP contribution in [0.25, 0.3) is 5.57 Å². The van der Waals surface area contributed by atoms with Crippen molar-refractivity contribution in [3.8, 4) is 0 Å². The Bertz CT molecular complexity index is 535. The second-order valence-electron chi connectivity index (χ2n) is 4.56. The largest absolute Gasteiger partial charge is 0.478 e. The first-order valence-corrected chi connectivity index (χ1v) is 7.52. The van der Waals surface area contributed by atoms with E-state index >= 15 is 0 Å². The van der Waals surface area contributed by atoms with Gasteiger partial charge < -0.3 is 9.84 Å². The molecule has 1 unspecified atom stereocenters. The number of rotatable bonds is 8. The fraction of sp³-hybridized carbons (Fsp3) is 0.353. The molecule has 4 heteroatoms. The Morgan fingerprint density at radius 2 is 2.19 bits per heavy atom. The van der Waals surface area contributed by atoms with Crippen molar-refractivity contribution in [3.05, 3.63) is 53.6 Å². The zero-order valence-electron chi connectivity index (χ0n) is 12.5. The molecule has 0 aliphatic rings. The highest BCUT2D eigenvalue weighted by atomic mass is 32.1. The van der Waals surface area contributed by atoms with Crippen molar-refractivity contribution in [3.63, 3.8) is 0 Å². The number of ether oxygens (including phenoxy) is 1. The molecule has 1 atom stereocenters. The Balaban J connectivity index is 3.45. The lowest BCUT2D eigenvalue weighted by atomic mass is 9.92. The van der Waals surface area contributed by atoms with Gasteiger partial charge in [-0.1, -0.05) is 37.8 Å². The molecular weight excluding hydrogens is 284 g/mol. The number of benzene rings is 1. The maximum atomic E-state index is 11.5. The van der Waals surface area contributed by atoms with E-state index in [1.165, 1.54) is 12.2 Å². The van der Waals surface area contributed by atoms with Crippen LogP contribution in [-0.4, -0.2) is 17.7 Å². The zero-order chi connectivity index (χ0) is 15.8. The first-order valence-electron chi connectivity index (χ1n) is 7.00. The van der Waals surface area contributed by atoms with E-state index in [0.717, 1.165) is 17.5 Å². The van der Waals surface area contributed by atoms with Crippen molar-refractivity contribution in [1.82, 2.24) is 0 Å². The van der Waals surface area contributed by atoms with Gasteiger partial charge in [-0.05, 0) is 36.1 Å². The van der Waals surface area contributed by atoms with Crippen molar-refractivity contribution in [2.75, 3.05) is 6.61 Å². The summed E-state index contributed by atoms with van der Waals surface area (Å²) >= 11 is 4.61. The van der Waals surface area contributed by atoms with Crippen LogP contribution >= 0.6 is 12.6 Å². The second-order valence-corrected chi connectivity index (χ2v) is 5.18. The molecule has 0 bridgehead atoms. The Labute approximate surface area is 131 Å². The summed E-state index contributed by atoms with van der Waals surface area (Å²) in [4.78, 5) is 11.5. The molecule has 1 N–H and O–H groups in total. The summed E-state index contributed by atoms with van der Waals surface area (Å²) in [5.41, 5.74) is 2.81. The molecule has 0 radical (unpaired) electrons. The highest BCUT2D eigenvalue weighted by Gasteiger charge is 2.20. The van der Waals surface area contributed by atoms with Gasteiger partial charge in [-0.25, -0.2) is 4.79 Å². The van der Waals surface area contributed by atoms with Crippen LogP contribution < -0.4 is 0 Å². The molecule has 114 valence electrons. The molecule has 1 aromatic rings. The number of hydrogen-bond acceptors (Lipinski definition) is 3. The van der Waals surface area contributed by atoms with Gasteiger partial charge in [0, 0.05) is 11.9 Å². The number of carboxylic acid groups (broad SMARTS) is 1. The zero-order valence-corrected chi connectivity index (χ0v) is 13.4. The van der Waals surface area contributed by atoms with E-state index in [-0.39, 0.29) is 10.8 Å². The van der Waals surface area contributed by atoms with Gasteiger partial charge in [0.2, 0.25) is 0 Å². The SMILES string of the molecule is C=C/C=C(/C(=O)O)c1cccc(COCC)c1C(S)CC. The minimum Gasteiger partial charge on any atom is -0.478 e. The number of carboxylic acids is 1. The van der Waals surface area contributed by atoms with E-state index < -0.39 is 5.97 Å². The van der Waals surface area contributed by atoms with E-state index in [4.69, 9.17) is 4.74 Å². The van der Waals surface area contributed by atoms with Crippen LogP contribution in [0.2, 0.25) is 0 Å². The third-order valence-corrected chi connectivity index (χ3v) is 3.81. The average molecular weight is 306 g/mol. The van der Waals surface area contributed by atoms with Gasteiger partial charge in [-0.15, -0.1) is 0 Å². The summed E-state index contributed by atoms with van der Waals surface area (Å²) in [5.74, 6) is -0.971. The van der Waals surface area contributed by atoms with Crippen LogP contribution in [0, 0.1) is 0 Å². The third kappa shape index (κ3) is 4.48. The van der Waals surface area contributed by atoms with Gasteiger partial charge in [-0.2, -0.15) is 12.6 Å². The van der Waals surface area contributed by atoms with E-state index in [2.05, 4.69) is 19.2 Å². The second kappa shape index (κ2) is 8.70. The Morgan fingerprint density at radius 3 is 2.71 bits per heavy atom. The lowest BCUT2D eigenvalue weighted by Gasteiger charge is -2.19. The molecule has 0 aliphatic heterocycles. The molecular formula is C17H22O3S. The van der Waals surface area contributed by atoms with Crippen LogP contribution in [0.4, 0.5) is 0 Å². The summed E-state index contributed by atoms with van der Waals surface area (Å²) in [7, 11) is 0. The predicted octanol–water partition coefficient (Wildman–Crippen LogP) is 4.26. The number of allylic oxidation sites excluding steroid dienone is 2. The van der Waals surface area contributed by atoms with Crippen LogP contribution in [-0.2, 0) is 16.1 Å². The fourth-order valence-electron chi connectivity index (χ4n) is 2.18. The normalized spacial score (nSPS) is 13.0. The molecule has 0 saturated heterocycles. The van der Waals surface area contributed by atoms with Crippen molar-refractivity contribution in [2.24, 2.45) is 0 Å². The summed E-state index contributed by atoms with van der Waals surface area (Å²) in [6, 6.07) is 5.62. The van der Waals surface area contributed by atoms with Gasteiger partial charge >= 0.3 is 5.97 Å². The van der Waals surface area contributed by atoms with Crippen LogP contribution in [0.1, 0.15) is 42.2 Å². The fourth-order valence-corrected chi connectivity index (χ4v) is 2.48. The van der Waals surface area contributed by atoms with E-state index in [0.29, 0.717) is 18.8 Å². The molecule has 21 heavy (non-hydrogen) atoms. The highest BCUT2D eigenvalue weighted by molar-refractivity contribution is 7.80. The van der Waals surface area contributed by atoms with Crippen molar-refractivity contribution in [1.29, 1.82) is 0 Å². The Kier molecular flexibility index (Phi) is 7.26. The maximum Gasteiger partial charge on any atom is 0.336 e. The molecule has 0 aromatic heterocycles. The average Bonchev–Trinajstić information content (AvgIpc) is 2.49. The number of thiol groups is 1. The van der Waals surface area contributed by atoms with Gasteiger partial charge in [-0.3, -0.25) is 0 Å². The van der Waals surface area contributed by atoms with E-state index in [1.54, 1.807) is 0 Å². The van der Waals surface area contributed by atoms with Crippen molar-refractivity contribution >= 4 is 24.2 Å². The first-order chi connectivity index (χ1) is 10.1. The van der Waals surface area contributed by atoms with Crippen LogP contribution in [0.15, 0.2) is 36.9 Å². The quantitative estimate of drug-likeness (QED) is 0.428. The van der Waals surface area contributed by atoms with Crippen molar-refractivity contribution in [2.45, 2.75) is 32.1 Å². The molecule has 0 aliphatic carbocycles. The predicted molar refractivity (Wildman–Crippen MR) is 89.6 cm³/mol. The molecule has 3 nitrogen and oxygen atoms in total. The smallest absolute Gasteiger partial charge is 0.336 e. The number of aliphatic carboxylic acids is 1. The first kappa shape index (κ1) is 17.5. The summed E-state index contributed by atoms with van der Waals surface area (Å²) in [5, 5.41) is 9.39. The summed E-state index contributed by atoms with van der Waals surface area (Å²) in [6.45, 7) is 8.62. The lowest BCUT2D eigenvalue weighted by Crippen LogP contribution is -2.08. The van der Waals surface area contributed by atoms with Gasteiger partial charge in [0.15, 0.2) is 0 Å². The minimum absolute atomic E-state index is 0.0378. The highest BCUT2D eigenvalue weighted by Crippen LogP contribution is 2.34. The van der Waals surface area contributed by atoms with Crippen LogP contribution in [0.3, 0.4) is 0 Å². The van der Waals surface area contributed by atoms with Gasteiger partial charge in [0.25, 0.3) is 0 Å². The molecule has 0 fully saturated rings. The molecule has 0 saturated carbocycles. The Hall–Kier alpha value is -1.52. The molecule has 0 spiro atoms. The standard InChI is InChI=1S/C17H22O3S/c1-4-8-14(17(18)19)13-10-7-9-12(11-20-6-3)16(13)15(21)5-2/h4,7-10,15,21H,1,5-6,11H2,2-3H3,(H,18,19)/b14-8+. The van der Waals surface area contributed by atoms with Gasteiger partial charge in [0.1, 0.15) is 0 Å². The summed E-state index contributed by atoms with van der Waals surface area (Å²) < 4.78 is 5.49. The minimum atomic E-state index is -0.971. The number of carbonyl (C=O) groups is 1. The molecule has 1 aromatic carbocycles. The van der Waals surface area contributed by atoms with Crippen LogP contribution in [0.5, 0.6) is 0 Å². The monoisotopic (exact) mass is 306 g/mol. The maximum absolute atomic E-state index is 11.5. The molecule has 0 amide bonds. The van der Waals surface area contributed by atoms with E-state index in [9.17, 15) is 9.90 Å². The van der Waals surface area contributed by atoms with Crippen molar-refractivity contribution < 1.29 is 14.6 Å². The molecule has 1 rings (SSSR count). The summed E-state index contributed by atoms with van der Waals surface area (Å²) in [6.07, 6.45) is 3.81. The van der Waals surface area contributed by atoms with E-state index in [1.807, 2.05) is 32.0 Å². The Morgan fingerprint density at radius 1 is 1.48 bits per heavy atom. The number of hydrogen-bond donors (Lipinski definition) is 2. The lowest BCUT2D eigenvalue weighted by molar-refractivity contribution is -0.130. The molecule has 0 heterocycles. The van der Waals surface area contributed by atoms with Gasteiger partial charge in [0.05, 0.1) is 12.2 Å².